The van der Waals surface area contributed by atoms with Gasteiger partial charge in [-0.3, -0.25) is 0 Å². The van der Waals surface area contributed by atoms with Gasteiger partial charge in [0.2, 0.25) is 0 Å². The molecule has 8 atom stereocenters. The number of fused-ring (bicyclic) bond motifs is 5. The number of allylic oxidation sites excluding steroid dienone is 1. The fourth-order valence-electron chi connectivity index (χ4n) is 8.29. The van der Waals surface area contributed by atoms with Gasteiger partial charge < -0.3 is 10.2 Å². The van der Waals surface area contributed by atoms with E-state index in [9.17, 15) is 13.9 Å². The smallest absolute Gasteiger partial charge is 0.270 e. The van der Waals surface area contributed by atoms with Crippen molar-refractivity contribution >= 4 is 0 Å². The van der Waals surface area contributed by atoms with Crippen molar-refractivity contribution in [3.63, 3.8) is 0 Å². The lowest BCUT2D eigenvalue weighted by atomic mass is 9.47. The van der Waals surface area contributed by atoms with E-state index in [1.165, 1.54) is 18.4 Å². The van der Waals surface area contributed by atoms with Crippen LogP contribution >= 0.6 is 0 Å². The molecule has 2 N–H and O–H groups in total. The highest BCUT2D eigenvalue weighted by Crippen LogP contribution is 2.67. The molecule has 0 aromatic carbocycles. The summed E-state index contributed by atoms with van der Waals surface area (Å²) in [4.78, 5) is 0. The number of hydrogen-bond donors (Lipinski definition) is 2. The van der Waals surface area contributed by atoms with E-state index >= 15 is 0 Å². The number of rotatable bonds is 4. The van der Waals surface area contributed by atoms with Gasteiger partial charge in [-0.15, -0.1) is 0 Å². The van der Waals surface area contributed by atoms with E-state index in [0.29, 0.717) is 23.7 Å². The number of alkyl halides is 2. The van der Waals surface area contributed by atoms with E-state index in [0.717, 1.165) is 38.5 Å². The van der Waals surface area contributed by atoms with Gasteiger partial charge in [-0.05, 0) is 91.8 Å². The maximum absolute atomic E-state index is 13.9. The normalized spacial score (nSPS) is 47.0. The molecule has 4 aliphatic rings. The lowest BCUT2D eigenvalue weighted by Crippen LogP contribution is -2.51. The Morgan fingerprint density at radius 3 is 2.61 bits per heavy atom. The topological polar surface area (TPSA) is 40.5 Å². The van der Waals surface area contributed by atoms with E-state index in [-0.39, 0.29) is 29.3 Å². The predicted molar refractivity (Wildman–Crippen MR) is 107 cm³/mol. The standard InChI is InChI=1S/C24H38F2O2/c1-15(13-24(25,26)14-27)19-6-7-20-18-5-4-16-12-17(28)8-10-22(16,2)21(18)9-11-23(19,20)3/h4,15,17-21,27-28H,5-14H2,1-3H3. The number of aliphatic hydroxyl groups is 2. The third-order valence-corrected chi connectivity index (χ3v) is 9.69. The van der Waals surface area contributed by atoms with Crippen LogP contribution in [0.3, 0.4) is 0 Å². The zero-order chi connectivity index (χ0) is 20.3. The van der Waals surface area contributed by atoms with Crippen LogP contribution in [-0.4, -0.2) is 28.8 Å². The number of hydrogen-bond acceptors (Lipinski definition) is 2. The minimum atomic E-state index is -2.95. The van der Waals surface area contributed by atoms with E-state index < -0.39 is 12.5 Å². The first-order valence-electron chi connectivity index (χ1n) is 11.5. The van der Waals surface area contributed by atoms with Crippen molar-refractivity contribution in [2.45, 2.75) is 90.6 Å². The summed E-state index contributed by atoms with van der Waals surface area (Å²) in [6.07, 6.45) is 10.6. The summed E-state index contributed by atoms with van der Waals surface area (Å²) in [5, 5.41) is 19.2. The van der Waals surface area contributed by atoms with E-state index in [4.69, 9.17) is 5.11 Å². The third kappa shape index (κ3) is 3.17. The molecule has 0 bridgehead atoms. The number of aliphatic hydroxyl groups excluding tert-OH is 2. The SMILES string of the molecule is CC(CC(F)(F)CO)C1CCC2C3CC=C4CC(O)CCC4(C)C3CCC12C. The second-order valence-electron chi connectivity index (χ2n) is 11.1. The van der Waals surface area contributed by atoms with Gasteiger partial charge in [-0.1, -0.05) is 32.4 Å². The molecule has 8 unspecified atom stereocenters. The van der Waals surface area contributed by atoms with E-state index in [2.05, 4.69) is 19.9 Å². The first-order valence-corrected chi connectivity index (χ1v) is 11.5. The molecule has 0 aromatic rings. The van der Waals surface area contributed by atoms with Crippen molar-refractivity contribution in [1.82, 2.24) is 0 Å². The Hall–Kier alpha value is -0.480. The van der Waals surface area contributed by atoms with Crippen LogP contribution in [0.2, 0.25) is 0 Å². The molecule has 4 rings (SSSR count). The van der Waals surface area contributed by atoms with Crippen LogP contribution < -0.4 is 0 Å². The summed E-state index contributed by atoms with van der Waals surface area (Å²) >= 11 is 0. The molecule has 0 spiro atoms. The van der Waals surface area contributed by atoms with E-state index in [1.807, 2.05) is 6.92 Å². The van der Waals surface area contributed by atoms with Gasteiger partial charge in [0, 0.05) is 6.42 Å². The fraction of sp³-hybridized carbons (Fsp3) is 0.917. The molecular weight excluding hydrogens is 358 g/mol. The van der Waals surface area contributed by atoms with Gasteiger partial charge in [0.05, 0.1) is 6.10 Å². The Bertz CT molecular complexity index is 632. The molecule has 0 heterocycles. The van der Waals surface area contributed by atoms with Gasteiger partial charge in [-0.2, -0.15) is 0 Å². The molecule has 28 heavy (non-hydrogen) atoms. The molecule has 0 amide bonds. The zero-order valence-electron chi connectivity index (χ0n) is 17.8. The van der Waals surface area contributed by atoms with Crippen molar-refractivity contribution in [2.24, 2.45) is 40.4 Å². The average molecular weight is 397 g/mol. The maximum Gasteiger partial charge on any atom is 0.270 e. The van der Waals surface area contributed by atoms with Crippen LogP contribution in [0.1, 0.15) is 78.6 Å². The molecular formula is C24H38F2O2. The van der Waals surface area contributed by atoms with Crippen LogP contribution in [0.4, 0.5) is 8.78 Å². The van der Waals surface area contributed by atoms with Crippen molar-refractivity contribution < 1.29 is 19.0 Å². The highest BCUT2D eigenvalue weighted by Gasteiger charge is 2.59. The van der Waals surface area contributed by atoms with Gasteiger partial charge in [-0.25, -0.2) is 8.78 Å². The summed E-state index contributed by atoms with van der Waals surface area (Å²) in [5.41, 5.74) is 1.88. The highest BCUT2D eigenvalue weighted by atomic mass is 19.3. The number of halogens is 2. The molecule has 4 heteroatoms. The largest absolute Gasteiger partial charge is 0.393 e. The van der Waals surface area contributed by atoms with Crippen molar-refractivity contribution in [2.75, 3.05) is 6.61 Å². The minimum absolute atomic E-state index is 0.0520. The summed E-state index contributed by atoms with van der Waals surface area (Å²) in [6, 6.07) is 0. The van der Waals surface area contributed by atoms with Crippen molar-refractivity contribution in [3.8, 4) is 0 Å². The van der Waals surface area contributed by atoms with Gasteiger partial charge in [0.25, 0.3) is 5.92 Å². The molecule has 3 saturated carbocycles. The summed E-state index contributed by atoms with van der Waals surface area (Å²) in [5.74, 6) is -0.692. The lowest BCUT2D eigenvalue weighted by Gasteiger charge is -2.58. The van der Waals surface area contributed by atoms with Gasteiger partial charge >= 0.3 is 0 Å². The van der Waals surface area contributed by atoms with Crippen LogP contribution in [0.25, 0.3) is 0 Å². The van der Waals surface area contributed by atoms with Crippen LogP contribution in [0, 0.1) is 40.4 Å². The van der Waals surface area contributed by atoms with Crippen molar-refractivity contribution in [1.29, 1.82) is 0 Å². The van der Waals surface area contributed by atoms with Gasteiger partial charge in [0.15, 0.2) is 0 Å². The zero-order valence-corrected chi connectivity index (χ0v) is 17.8. The molecule has 0 aromatic heterocycles. The summed E-state index contributed by atoms with van der Waals surface area (Å²) in [7, 11) is 0. The second-order valence-corrected chi connectivity index (χ2v) is 11.1. The quantitative estimate of drug-likeness (QED) is 0.609. The first-order chi connectivity index (χ1) is 13.1. The molecule has 2 nitrogen and oxygen atoms in total. The third-order valence-electron chi connectivity index (χ3n) is 9.69. The monoisotopic (exact) mass is 396 g/mol. The fourth-order valence-corrected chi connectivity index (χ4v) is 8.29. The average Bonchev–Trinajstić information content (AvgIpc) is 2.99. The summed E-state index contributed by atoms with van der Waals surface area (Å²) < 4.78 is 27.7. The molecule has 0 aliphatic heterocycles. The van der Waals surface area contributed by atoms with Crippen LogP contribution in [0.15, 0.2) is 11.6 Å². The molecule has 4 aliphatic carbocycles. The Balaban J connectivity index is 1.55. The van der Waals surface area contributed by atoms with E-state index in [1.54, 1.807) is 0 Å². The minimum Gasteiger partial charge on any atom is -0.393 e. The summed E-state index contributed by atoms with van der Waals surface area (Å²) in [6.45, 7) is 5.76. The van der Waals surface area contributed by atoms with Gasteiger partial charge in [0.1, 0.15) is 6.61 Å². The Morgan fingerprint density at radius 1 is 1.14 bits per heavy atom. The van der Waals surface area contributed by atoms with Crippen LogP contribution in [0.5, 0.6) is 0 Å². The first kappa shape index (κ1) is 20.8. The Kier molecular flexibility index (Phi) is 5.23. The molecule has 3 fully saturated rings. The Labute approximate surface area is 168 Å². The predicted octanol–water partition coefficient (Wildman–Crippen LogP) is 5.58. The molecule has 0 saturated heterocycles. The maximum atomic E-state index is 13.9. The molecule has 160 valence electrons. The molecule has 0 radical (unpaired) electrons. The van der Waals surface area contributed by atoms with Crippen LogP contribution in [-0.2, 0) is 0 Å². The Morgan fingerprint density at radius 2 is 1.89 bits per heavy atom. The van der Waals surface area contributed by atoms with Crippen molar-refractivity contribution in [3.05, 3.63) is 11.6 Å². The highest BCUT2D eigenvalue weighted by molar-refractivity contribution is 5.25. The lowest BCUT2D eigenvalue weighted by molar-refractivity contribution is -0.0900. The second kappa shape index (κ2) is 7.04.